The third kappa shape index (κ3) is 3.91. The molecule has 0 bridgehead atoms. The standard InChI is InChI=1S/C15H18O2/c1-5-7-15(16)17-14(6-2)13-9-11(3)8-12(4)10-13/h5-10,14H,2H2,1,3-4H3/b7-5+. The van der Waals surface area contributed by atoms with E-state index in [1.807, 2.05) is 26.0 Å². The molecule has 1 aromatic carbocycles. The fourth-order valence-corrected chi connectivity index (χ4v) is 1.73. The predicted octanol–water partition coefficient (Wildman–Crippen LogP) is 3.65. The van der Waals surface area contributed by atoms with Crippen molar-refractivity contribution in [3.63, 3.8) is 0 Å². The van der Waals surface area contributed by atoms with Crippen LogP contribution in [-0.2, 0) is 9.53 Å². The van der Waals surface area contributed by atoms with Crippen molar-refractivity contribution in [2.45, 2.75) is 26.9 Å². The first-order chi connectivity index (χ1) is 8.06. The van der Waals surface area contributed by atoms with Gasteiger partial charge >= 0.3 is 5.97 Å². The molecular formula is C15H18O2. The molecule has 1 rings (SSSR count). The molecule has 0 aliphatic heterocycles. The van der Waals surface area contributed by atoms with Crippen molar-refractivity contribution < 1.29 is 9.53 Å². The highest BCUT2D eigenvalue weighted by molar-refractivity contribution is 5.82. The number of hydrogen-bond acceptors (Lipinski definition) is 2. The number of benzene rings is 1. The maximum Gasteiger partial charge on any atom is 0.331 e. The van der Waals surface area contributed by atoms with Crippen LogP contribution in [0.3, 0.4) is 0 Å². The van der Waals surface area contributed by atoms with Crippen LogP contribution in [0.25, 0.3) is 0 Å². The molecule has 0 amide bonds. The molecular weight excluding hydrogens is 212 g/mol. The molecule has 1 unspecified atom stereocenters. The third-order valence-corrected chi connectivity index (χ3v) is 2.33. The van der Waals surface area contributed by atoms with E-state index in [2.05, 4.69) is 12.6 Å². The highest BCUT2D eigenvalue weighted by Gasteiger charge is 2.12. The van der Waals surface area contributed by atoms with Crippen LogP contribution in [0.4, 0.5) is 0 Å². The van der Waals surface area contributed by atoms with Crippen LogP contribution in [0, 0.1) is 13.8 Å². The Kier molecular flexibility index (Phi) is 4.70. The molecule has 0 aromatic heterocycles. The molecule has 0 saturated carbocycles. The Bertz CT molecular complexity index is 424. The van der Waals surface area contributed by atoms with Gasteiger partial charge in [-0.2, -0.15) is 0 Å². The first-order valence-electron chi connectivity index (χ1n) is 5.61. The smallest absolute Gasteiger partial charge is 0.331 e. The second kappa shape index (κ2) is 6.04. The summed E-state index contributed by atoms with van der Waals surface area (Å²) in [6, 6.07) is 6.09. The number of carbonyl (C=O) groups is 1. The molecule has 0 saturated heterocycles. The molecule has 0 N–H and O–H groups in total. The van der Waals surface area contributed by atoms with Gasteiger partial charge in [0.25, 0.3) is 0 Å². The summed E-state index contributed by atoms with van der Waals surface area (Å²) in [5.41, 5.74) is 3.25. The monoisotopic (exact) mass is 230 g/mol. The van der Waals surface area contributed by atoms with E-state index < -0.39 is 6.10 Å². The fraction of sp³-hybridized carbons (Fsp3) is 0.267. The molecule has 0 aliphatic carbocycles. The molecule has 2 heteroatoms. The molecule has 90 valence electrons. The van der Waals surface area contributed by atoms with Gasteiger partial charge in [0.1, 0.15) is 6.10 Å². The van der Waals surface area contributed by atoms with Gasteiger partial charge in [-0.05, 0) is 32.4 Å². The first kappa shape index (κ1) is 13.2. The molecule has 17 heavy (non-hydrogen) atoms. The normalized spacial score (nSPS) is 12.4. The van der Waals surface area contributed by atoms with Gasteiger partial charge in [-0.15, -0.1) is 0 Å². The van der Waals surface area contributed by atoms with Gasteiger partial charge in [0.15, 0.2) is 0 Å². The van der Waals surface area contributed by atoms with E-state index >= 15 is 0 Å². The Morgan fingerprint density at radius 3 is 2.35 bits per heavy atom. The molecule has 0 aliphatic rings. The Balaban J connectivity index is 2.93. The molecule has 1 aromatic rings. The number of esters is 1. The number of allylic oxidation sites excluding steroid dienone is 1. The van der Waals surface area contributed by atoms with Crippen molar-refractivity contribution in [2.24, 2.45) is 0 Å². The quantitative estimate of drug-likeness (QED) is 0.448. The average molecular weight is 230 g/mol. The lowest BCUT2D eigenvalue weighted by Crippen LogP contribution is -2.07. The van der Waals surface area contributed by atoms with Crippen molar-refractivity contribution in [1.82, 2.24) is 0 Å². The van der Waals surface area contributed by atoms with E-state index in [9.17, 15) is 4.79 Å². The summed E-state index contributed by atoms with van der Waals surface area (Å²) < 4.78 is 5.29. The zero-order valence-corrected chi connectivity index (χ0v) is 10.6. The van der Waals surface area contributed by atoms with E-state index in [-0.39, 0.29) is 5.97 Å². The molecule has 0 spiro atoms. The summed E-state index contributed by atoms with van der Waals surface area (Å²) in [6.45, 7) is 9.52. The second-order valence-corrected chi connectivity index (χ2v) is 4.01. The minimum atomic E-state index is -0.391. The Labute approximate surface area is 103 Å². The van der Waals surface area contributed by atoms with Crippen LogP contribution >= 0.6 is 0 Å². The highest BCUT2D eigenvalue weighted by atomic mass is 16.5. The van der Waals surface area contributed by atoms with E-state index in [4.69, 9.17) is 4.74 Å². The van der Waals surface area contributed by atoms with Crippen LogP contribution in [0.1, 0.15) is 29.7 Å². The number of hydrogen-bond donors (Lipinski definition) is 0. The summed E-state index contributed by atoms with van der Waals surface area (Å²) in [7, 11) is 0. The van der Waals surface area contributed by atoms with E-state index in [0.717, 1.165) is 16.7 Å². The van der Waals surface area contributed by atoms with Crippen molar-refractivity contribution in [2.75, 3.05) is 0 Å². The minimum absolute atomic E-state index is 0.350. The molecule has 2 nitrogen and oxygen atoms in total. The summed E-state index contributed by atoms with van der Waals surface area (Å²) in [6.07, 6.45) is 4.30. The van der Waals surface area contributed by atoms with Crippen molar-refractivity contribution in [1.29, 1.82) is 0 Å². The van der Waals surface area contributed by atoms with Gasteiger partial charge in [0.05, 0.1) is 0 Å². The SMILES string of the molecule is C=CC(OC(=O)/C=C/C)c1cc(C)cc(C)c1. The highest BCUT2D eigenvalue weighted by Crippen LogP contribution is 2.21. The topological polar surface area (TPSA) is 26.3 Å². The van der Waals surface area contributed by atoms with Gasteiger partial charge in [0, 0.05) is 6.08 Å². The fourth-order valence-electron chi connectivity index (χ4n) is 1.73. The first-order valence-corrected chi connectivity index (χ1v) is 5.61. The average Bonchev–Trinajstić information content (AvgIpc) is 2.24. The number of carbonyl (C=O) groups excluding carboxylic acids is 1. The maximum atomic E-state index is 11.4. The number of aryl methyl sites for hydroxylation is 2. The van der Waals surface area contributed by atoms with E-state index in [0.29, 0.717) is 0 Å². The van der Waals surface area contributed by atoms with Crippen molar-refractivity contribution in [3.05, 3.63) is 59.7 Å². The molecule has 0 radical (unpaired) electrons. The van der Waals surface area contributed by atoms with Gasteiger partial charge in [0.2, 0.25) is 0 Å². The maximum absolute atomic E-state index is 11.4. The molecule has 1 atom stereocenters. The largest absolute Gasteiger partial charge is 0.450 e. The van der Waals surface area contributed by atoms with Gasteiger partial charge in [-0.25, -0.2) is 4.79 Å². The zero-order valence-electron chi connectivity index (χ0n) is 10.6. The van der Waals surface area contributed by atoms with Crippen LogP contribution in [0.5, 0.6) is 0 Å². The second-order valence-electron chi connectivity index (χ2n) is 4.01. The summed E-state index contributed by atoms with van der Waals surface area (Å²) >= 11 is 0. The van der Waals surface area contributed by atoms with Crippen LogP contribution in [0.15, 0.2) is 43.0 Å². The van der Waals surface area contributed by atoms with E-state index in [1.165, 1.54) is 6.08 Å². The lowest BCUT2D eigenvalue weighted by Gasteiger charge is -2.14. The van der Waals surface area contributed by atoms with Gasteiger partial charge in [-0.1, -0.05) is 42.0 Å². The molecule has 0 fully saturated rings. The zero-order chi connectivity index (χ0) is 12.8. The van der Waals surface area contributed by atoms with Crippen LogP contribution < -0.4 is 0 Å². The number of rotatable bonds is 4. The minimum Gasteiger partial charge on any atom is -0.450 e. The van der Waals surface area contributed by atoms with Gasteiger partial charge < -0.3 is 4.74 Å². The van der Waals surface area contributed by atoms with Crippen molar-refractivity contribution in [3.8, 4) is 0 Å². The summed E-state index contributed by atoms with van der Waals surface area (Å²) in [5, 5.41) is 0. The summed E-state index contributed by atoms with van der Waals surface area (Å²) in [5.74, 6) is -0.350. The molecule has 0 heterocycles. The Morgan fingerprint density at radius 2 is 1.88 bits per heavy atom. The third-order valence-electron chi connectivity index (χ3n) is 2.33. The van der Waals surface area contributed by atoms with Gasteiger partial charge in [-0.3, -0.25) is 0 Å². The lowest BCUT2D eigenvalue weighted by molar-refractivity contribution is -0.141. The summed E-state index contributed by atoms with van der Waals surface area (Å²) in [4.78, 5) is 11.4. The lowest BCUT2D eigenvalue weighted by atomic mass is 10.0. The Hall–Kier alpha value is -1.83. The van der Waals surface area contributed by atoms with Crippen LogP contribution in [-0.4, -0.2) is 5.97 Å². The van der Waals surface area contributed by atoms with Crippen molar-refractivity contribution >= 4 is 5.97 Å². The number of ether oxygens (including phenoxy) is 1. The van der Waals surface area contributed by atoms with E-state index in [1.54, 1.807) is 19.1 Å². The van der Waals surface area contributed by atoms with Crippen LogP contribution in [0.2, 0.25) is 0 Å². The Morgan fingerprint density at radius 1 is 1.29 bits per heavy atom. The predicted molar refractivity (Wildman–Crippen MR) is 69.8 cm³/mol.